The van der Waals surface area contributed by atoms with E-state index in [0.29, 0.717) is 11.8 Å². The largest absolute Gasteiger partial charge is 0.325 e. The van der Waals surface area contributed by atoms with Crippen LogP contribution in [0.4, 0.5) is 0 Å². The van der Waals surface area contributed by atoms with Crippen molar-refractivity contribution in [1.82, 2.24) is 0 Å². The van der Waals surface area contributed by atoms with Crippen molar-refractivity contribution in [2.24, 2.45) is 35.1 Å². The van der Waals surface area contributed by atoms with Crippen LogP contribution in [0.25, 0.3) is 0 Å². The molecule has 0 saturated heterocycles. The summed E-state index contributed by atoms with van der Waals surface area (Å²) in [5, 5.41) is 0. The van der Waals surface area contributed by atoms with Crippen LogP contribution in [0.3, 0.4) is 0 Å². The lowest BCUT2D eigenvalue weighted by atomic mass is 9.57. The lowest BCUT2D eigenvalue weighted by Gasteiger charge is -2.53. The monoisotopic (exact) mass is 278 g/mol. The third-order valence-corrected chi connectivity index (χ3v) is 7.64. The summed E-state index contributed by atoms with van der Waals surface area (Å²) in [6, 6.07) is 0. The first-order valence-electron chi connectivity index (χ1n) is 9.02. The average molecular weight is 278 g/mol. The van der Waals surface area contributed by atoms with Gasteiger partial charge in [-0.3, -0.25) is 0 Å². The molecule has 2 unspecified atom stereocenters. The smallest absolute Gasteiger partial charge is 0.0184 e. The Bertz CT molecular complexity index is 301. The van der Waals surface area contributed by atoms with E-state index in [2.05, 4.69) is 13.8 Å². The van der Waals surface area contributed by atoms with Gasteiger partial charge in [-0.2, -0.15) is 0 Å². The molecule has 0 bridgehead atoms. The van der Waals surface area contributed by atoms with Gasteiger partial charge in [-0.15, -0.1) is 0 Å². The molecule has 3 saturated carbocycles. The van der Waals surface area contributed by atoms with Crippen LogP contribution < -0.4 is 11.5 Å². The molecule has 0 aromatic carbocycles. The Morgan fingerprint density at radius 1 is 0.700 bits per heavy atom. The van der Waals surface area contributed by atoms with Gasteiger partial charge in [-0.05, 0) is 49.4 Å². The fourth-order valence-corrected chi connectivity index (χ4v) is 4.91. The molecule has 116 valence electrons. The molecule has 0 amide bonds. The van der Waals surface area contributed by atoms with Crippen molar-refractivity contribution in [1.29, 1.82) is 0 Å². The van der Waals surface area contributed by atoms with E-state index in [1.165, 1.54) is 38.5 Å². The topological polar surface area (TPSA) is 52.0 Å². The zero-order chi connectivity index (χ0) is 14.4. The van der Waals surface area contributed by atoms with E-state index in [9.17, 15) is 0 Å². The summed E-state index contributed by atoms with van der Waals surface area (Å²) in [6.45, 7) is 4.81. The third kappa shape index (κ3) is 2.43. The lowest BCUT2D eigenvalue weighted by Crippen LogP contribution is -2.60. The van der Waals surface area contributed by atoms with Gasteiger partial charge in [0.15, 0.2) is 0 Å². The van der Waals surface area contributed by atoms with E-state index >= 15 is 0 Å². The Hall–Kier alpha value is -0.0800. The molecule has 0 aliphatic heterocycles. The Balaban J connectivity index is 1.59. The lowest BCUT2D eigenvalue weighted by molar-refractivity contribution is 0.0408. The first kappa shape index (κ1) is 14.8. The van der Waals surface area contributed by atoms with Gasteiger partial charge >= 0.3 is 0 Å². The van der Waals surface area contributed by atoms with Crippen LogP contribution in [0.5, 0.6) is 0 Å². The minimum atomic E-state index is 0.0767. The van der Waals surface area contributed by atoms with Gasteiger partial charge < -0.3 is 11.5 Å². The quantitative estimate of drug-likeness (QED) is 0.821. The predicted octanol–water partition coefficient (Wildman–Crippen LogP) is 3.83. The van der Waals surface area contributed by atoms with E-state index in [1.807, 2.05) is 0 Å². The van der Waals surface area contributed by atoms with Crippen LogP contribution in [-0.4, -0.2) is 11.1 Å². The van der Waals surface area contributed by atoms with Crippen LogP contribution in [-0.2, 0) is 0 Å². The van der Waals surface area contributed by atoms with Gasteiger partial charge in [0.05, 0.1) is 0 Å². The van der Waals surface area contributed by atoms with Gasteiger partial charge in [0.2, 0.25) is 0 Å². The molecule has 2 atom stereocenters. The SMILES string of the molecule is CC(C1CCC1)C1(N)CCC(N)(C(C)C2CCC2)CC1. The average Bonchev–Trinajstić information content (AvgIpc) is 2.29. The molecule has 4 N–H and O–H groups in total. The summed E-state index contributed by atoms with van der Waals surface area (Å²) < 4.78 is 0. The van der Waals surface area contributed by atoms with E-state index < -0.39 is 0 Å². The number of hydrogen-bond acceptors (Lipinski definition) is 2. The molecule has 3 aliphatic carbocycles. The van der Waals surface area contributed by atoms with Crippen molar-refractivity contribution in [2.45, 2.75) is 89.1 Å². The first-order chi connectivity index (χ1) is 9.45. The van der Waals surface area contributed by atoms with Gasteiger partial charge in [0.1, 0.15) is 0 Å². The van der Waals surface area contributed by atoms with E-state index in [4.69, 9.17) is 11.5 Å². The summed E-state index contributed by atoms with van der Waals surface area (Å²) >= 11 is 0. The standard InChI is InChI=1S/C18H34N2/c1-13(15-5-3-6-15)17(19)9-11-18(20,12-10-17)14(2)16-7-4-8-16/h13-16H,3-12,19-20H2,1-2H3. The zero-order valence-electron chi connectivity index (χ0n) is 13.5. The maximum Gasteiger partial charge on any atom is 0.0184 e. The molecule has 0 spiro atoms. The van der Waals surface area contributed by atoms with Gasteiger partial charge in [0.25, 0.3) is 0 Å². The van der Waals surface area contributed by atoms with Crippen LogP contribution in [0, 0.1) is 23.7 Å². The molecule has 3 aliphatic rings. The molecule has 0 aromatic rings. The Labute approximate surface area is 125 Å². The fraction of sp³-hybridized carbons (Fsp3) is 1.00. The highest BCUT2D eigenvalue weighted by atomic mass is 14.8. The van der Waals surface area contributed by atoms with E-state index in [1.54, 1.807) is 0 Å². The van der Waals surface area contributed by atoms with E-state index in [-0.39, 0.29) is 11.1 Å². The molecule has 0 heterocycles. The van der Waals surface area contributed by atoms with Gasteiger partial charge in [-0.1, -0.05) is 52.4 Å². The van der Waals surface area contributed by atoms with E-state index in [0.717, 1.165) is 37.5 Å². The number of hydrogen-bond donors (Lipinski definition) is 2. The highest BCUT2D eigenvalue weighted by Gasteiger charge is 2.48. The summed E-state index contributed by atoms with van der Waals surface area (Å²) in [4.78, 5) is 0. The highest BCUT2D eigenvalue weighted by molar-refractivity contribution is 5.05. The molecule has 2 heteroatoms. The molecular formula is C18H34N2. The second-order valence-electron chi connectivity index (χ2n) is 8.43. The minimum absolute atomic E-state index is 0.0767. The summed E-state index contributed by atoms with van der Waals surface area (Å²) in [5.41, 5.74) is 13.8. The Morgan fingerprint density at radius 2 is 1.00 bits per heavy atom. The second kappa shape index (κ2) is 5.28. The van der Waals surface area contributed by atoms with Crippen molar-refractivity contribution in [2.75, 3.05) is 0 Å². The summed E-state index contributed by atoms with van der Waals surface area (Å²) in [6.07, 6.45) is 13.1. The molecule has 3 fully saturated rings. The number of rotatable bonds is 4. The molecule has 3 rings (SSSR count). The molecule has 20 heavy (non-hydrogen) atoms. The Kier molecular flexibility index (Phi) is 3.92. The molecule has 2 nitrogen and oxygen atoms in total. The molecule has 0 radical (unpaired) electrons. The van der Waals surface area contributed by atoms with Crippen molar-refractivity contribution in [3.8, 4) is 0 Å². The highest BCUT2D eigenvalue weighted by Crippen LogP contribution is 2.48. The van der Waals surface area contributed by atoms with Gasteiger partial charge in [-0.25, -0.2) is 0 Å². The van der Waals surface area contributed by atoms with Crippen LogP contribution >= 0.6 is 0 Å². The van der Waals surface area contributed by atoms with Crippen molar-refractivity contribution < 1.29 is 0 Å². The summed E-state index contributed by atoms with van der Waals surface area (Å²) in [5.74, 6) is 3.18. The van der Waals surface area contributed by atoms with Crippen LogP contribution in [0.15, 0.2) is 0 Å². The second-order valence-corrected chi connectivity index (χ2v) is 8.43. The molecule has 0 aromatic heterocycles. The van der Waals surface area contributed by atoms with Crippen molar-refractivity contribution in [3.63, 3.8) is 0 Å². The Morgan fingerprint density at radius 3 is 1.20 bits per heavy atom. The fourth-order valence-electron chi connectivity index (χ4n) is 4.91. The van der Waals surface area contributed by atoms with Crippen molar-refractivity contribution in [3.05, 3.63) is 0 Å². The number of nitrogens with two attached hydrogens (primary N) is 2. The van der Waals surface area contributed by atoms with Gasteiger partial charge in [0, 0.05) is 11.1 Å². The van der Waals surface area contributed by atoms with Crippen LogP contribution in [0.1, 0.15) is 78.1 Å². The van der Waals surface area contributed by atoms with Crippen LogP contribution in [0.2, 0.25) is 0 Å². The van der Waals surface area contributed by atoms with Crippen molar-refractivity contribution >= 4 is 0 Å². The minimum Gasteiger partial charge on any atom is -0.325 e. The third-order valence-electron chi connectivity index (χ3n) is 7.64. The predicted molar refractivity (Wildman–Crippen MR) is 85.3 cm³/mol. The first-order valence-corrected chi connectivity index (χ1v) is 9.02. The maximum atomic E-state index is 6.80. The summed E-state index contributed by atoms with van der Waals surface area (Å²) in [7, 11) is 0. The normalized spacial score (nSPS) is 42.6. The maximum absolute atomic E-state index is 6.80. The zero-order valence-corrected chi connectivity index (χ0v) is 13.5. The molecular weight excluding hydrogens is 244 g/mol.